The fourth-order valence-corrected chi connectivity index (χ4v) is 4.66. The third kappa shape index (κ3) is 1.97. The summed E-state index contributed by atoms with van der Waals surface area (Å²) in [6.07, 6.45) is 5.71. The average Bonchev–Trinajstić information content (AvgIpc) is 2.20. The SMILES string of the molecule is O=C(NC1C2CC3CC(C2)CC1C3)S(=O)(=O)O. The molecule has 4 saturated carbocycles. The minimum atomic E-state index is -4.59. The molecule has 0 spiro atoms. The molecule has 6 heteroatoms. The van der Waals surface area contributed by atoms with Gasteiger partial charge in [-0.05, 0) is 55.8 Å². The minimum absolute atomic E-state index is 0.0442. The third-order valence-electron chi connectivity index (χ3n) is 4.75. The Kier molecular flexibility index (Phi) is 2.49. The van der Waals surface area contributed by atoms with Gasteiger partial charge in [0.05, 0.1) is 0 Å². The molecular weight excluding hydrogens is 242 g/mol. The number of hydrogen-bond donors (Lipinski definition) is 2. The number of carbonyl (C=O) groups excluding carboxylic acids is 1. The van der Waals surface area contributed by atoms with Crippen LogP contribution in [0.1, 0.15) is 32.1 Å². The summed E-state index contributed by atoms with van der Waals surface area (Å²) in [5.74, 6) is 2.38. The van der Waals surface area contributed by atoms with Gasteiger partial charge in [0.25, 0.3) is 0 Å². The van der Waals surface area contributed by atoms with Crippen LogP contribution in [-0.2, 0) is 10.1 Å². The van der Waals surface area contributed by atoms with Crippen LogP contribution in [0, 0.1) is 23.7 Å². The van der Waals surface area contributed by atoms with Gasteiger partial charge >= 0.3 is 15.4 Å². The van der Waals surface area contributed by atoms with Gasteiger partial charge in [0.1, 0.15) is 0 Å². The lowest BCUT2D eigenvalue weighted by molar-refractivity contribution is -0.00843. The molecule has 4 fully saturated rings. The van der Waals surface area contributed by atoms with Crippen molar-refractivity contribution in [1.82, 2.24) is 5.32 Å². The average molecular weight is 259 g/mol. The fraction of sp³-hybridized carbons (Fsp3) is 0.909. The van der Waals surface area contributed by atoms with E-state index >= 15 is 0 Å². The van der Waals surface area contributed by atoms with E-state index in [2.05, 4.69) is 5.32 Å². The van der Waals surface area contributed by atoms with Crippen LogP contribution >= 0.6 is 0 Å². The van der Waals surface area contributed by atoms with Crippen LogP contribution in [0.5, 0.6) is 0 Å². The molecule has 0 aromatic carbocycles. The van der Waals surface area contributed by atoms with Gasteiger partial charge in [-0.2, -0.15) is 8.42 Å². The lowest BCUT2D eigenvalue weighted by Crippen LogP contribution is -2.56. The first-order chi connectivity index (χ1) is 7.93. The highest BCUT2D eigenvalue weighted by Crippen LogP contribution is 2.53. The molecule has 1 amide bonds. The molecule has 0 atom stereocenters. The molecule has 0 saturated heterocycles. The van der Waals surface area contributed by atoms with Crippen molar-refractivity contribution < 1.29 is 17.8 Å². The van der Waals surface area contributed by atoms with E-state index in [4.69, 9.17) is 4.55 Å². The molecule has 2 N–H and O–H groups in total. The van der Waals surface area contributed by atoms with E-state index in [1.165, 1.54) is 6.42 Å². The highest BCUT2D eigenvalue weighted by molar-refractivity contribution is 8.01. The molecule has 0 radical (unpaired) electrons. The molecule has 0 aromatic rings. The smallest absolute Gasteiger partial charge is 0.337 e. The maximum absolute atomic E-state index is 11.3. The third-order valence-corrected chi connectivity index (χ3v) is 5.33. The topological polar surface area (TPSA) is 83.5 Å². The van der Waals surface area contributed by atoms with Crippen molar-refractivity contribution >= 4 is 15.4 Å². The van der Waals surface area contributed by atoms with E-state index in [1.807, 2.05) is 0 Å². The number of rotatable bonds is 1. The Hall–Kier alpha value is -0.620. The molecule has 4 rings (SSSR count). The molecule has 4 bridgehead atoms. The van der Waals surface area contributed by atoms with Gasteiger partial charge in [0, 0.05) is 6.04 Å². The van der Waals surface area contributed by atoms with Crippen LogP contribution in [0.2, 0.25) is 0 Å². The van der Waals surface area contributed by atoms with E-state index < -0.39 is 15.4 Å². The predicted octanol–water partition coefficient (Wildman–Crippen LogP) is 1.41. The summed E-state index contributed by atoms with van der Waals surface area (Å²) in [6.45, 7) is 0. The van der Waals surface area contributed by atoms with Gasteiger partial charge in [-0.15, -0.1) is 0 Å². The second kappa shape index (κ2) is 3.68. The Labute approximate surface area is 101 Å². The first kappa shape index (κ1) is 11.5. The lowest BCUT2D eigenvalue weighted by Gasteiger charge is -2.54. The fourth-order valence-electron chi connectivity index (χ4n) is 4.37. The van der Waals surface area contributed by atoms with Crippen molar-refractivity contribution in [1.29, 1.82) is 0 Å². The van der Waals surface area contributed by atoms with Gasteiger partial charge in [0.2, 0.25) is 0 Å². The second-order valence-corrected chi connectivity index (χ2v) is 7.18. The highest BCUT2D eigenvalue weighted by atomic mass is 32.2. The van der Waals surface area contributed by atoms with Gasteiger partial charge in [-0.25, -0.2) is 0 Å². The van der Waals surface area contributed by atoms with Crippen LogP contribution in [-0.4, -0.2) is 24.3 Å². The van der Waals surface area contributed by atoms with Crippen LogP contribution in [0.4, 0.5) is 4.79 Å². The molecule has 0 unspecified atom stereocenters. The standard InChI is InChI=1S/C11H17NO4S/c13-11(17(14,15)16)12-10-8-2-6-1-7(4-8)5-9(10)3-6/h6-10H,1-5H2,(H,12,13)(H,14,15,16). The molecule has 0 aromatic heterocycles. The lowest BCUT2D eigenvalue weighted by atomic mass is 9.54. The summed E-state index contributed by atoms with van der Waals surface area (Å²) in [5, 5.41) is 1.30. The van der Waals surface area contributed by atoms with Gasteiger partial charge < -0.3 is 5.32 Å². The zero-order chi connectivity index (χ0) is 12.2. The van der Waals surface area contributed by atoms with E-state index in [1.54, 1.807) is 0 Å². The summed E-state index contributed by atoms with van der Waals surface area (Å²) in [5.41, 5.74) is 0. The van der Waals surface area contributed by atoms with E-state index in [9.17, 15) is 13.2 Å². The molecule has 17 heavy (non-hydrogen) atoms. The van der Waals surface area contributed by atoms with Crippen molar-refractivity contribution in [2.45, 2.75) is 38.1 Å². The van der Waals surface area contributed by atoms with Gasteiger partial charge in [0.15, 0.2) is 0 Å². The zero-order valence-corrected chi connectivity index (χ0v) is 10.3. The van der Waals surface area contributed by atoms with Gasteiger partial charge in [-0.3, -0.25) is 9.35 Å². The number of nitrogens with one attached hydrogen (secondary N) is 1. The number of carbonyl (C=O) groups is 1. The number of hydrogen-bond acceptors (Lipinski definition) is 3. The first-order valence-electron chi connectivity index (χ1n) is 6.21. The Balaban J connectivity index is 1.75. The largest absolute Gasteiger partial charge is 0.363 e. The molecular formula is C11H17NO4S. The predicted molar refractivity (Wildman–Crippen MR) is 60.9 cm³/mol. The molecule has 4 aliphatic carbocycles. The van der Waals surface area contributed by atoms with Crippen molar-refractivity contribution in [3.05, 3.63) is 0 Å². The van der Waals surface area contributed by atoms with Crippen LogP contribution in [0.25, 0.3) is 0 Å². The first-order valence-corrected chi connectivity index (χ1v) is 7.65. The Morgan fingerprint density at radius 2 is 1.47 bits per heavy atom. The Morgan fingerprint density at radius 1 is 1.00 bits per heavy atom. The van der Waals surface area contributed by atoms with Crippen molar-refractivity contribution in [2.24, 2.45) is 23.7 Å². The summed E-state index contributed by atoms with van der Waals surface area (Å²) < 4.78 is 30.2. The highest BCUT2D eigenvalue weighted by Gasteiger charge is 2.49. The van der Waals surface area contributed by atoms with Crippen molar-refractivity contribution in [3.63, 3.8) is 0 Å². The minimum Gasteiger partial charge on any atom is -0.337 e. The molecule has 0 aliphatic heterocycles. The number of amides is 1. The summed E-state index contributed by atoms with van der Waals surface area (Å²) in [4.78, 5) is 11.3. The maximum atomic E-state index is 11.3. The Morgan fingerprint density at radius 3 is 1.88 bits per heavy atom. The summed E-state index contributed by atoms with van der Waals surface area (Å²) in [7, 11) is -4.59. The second-order valence-electron chi connectivity index (χ2n) is 5.86. The van der Waals surface area contributed by atoms with Crippen LogP contribution in [0.3, 0.4) is 0 Å². The van der Waals surface area contributed by atoms with Crippen molar-refractivity contribution in [3.8, 4) is 0 Å². The van der Waals surface area contributed by atoms with Gasteiger partial charge in [-0.1, -0.05) is 0 Å². The monoisotopic (exact) mass is 259 g/mol. The van der Waals surface area contributed by atoms with E-state index in [0.29, 0.717) is 11.8 Å². The van der Waals surface area contributed by atoms with E-state index in [0.717, 1.165) is 37.5 Å². The van der Waals surface area contributed by atoms with Crippen LogP contribution in [0.15, 0.2) is 0 Å². The van der Waals surface area contributed by atoms with Crippen molar-refractivity contribution in [2.75, 3.05) is 0 Å². The Bertz CT molecular complexity index is 416. The maximum Gasteiger partial charge on any atom is 0.363 e. The quantitative estimate of drug-likeness (QED) is 0.697. The summed E-state index contributed by atoms with van der Waals surface area (Å²) in [6, 6.07) is -0.0442. The zero-order valence-electron chi connectivity index (χ0n) is 9.50. The van der Waals surface area contributed by atoms with Crippen LogP contribution < -0.4 is 5.32 Å². The molecule has 0 heterocycles. The molecule has 4 aliphatic rings. The molecule has 96 valence electrons. The molecule has 5 nitrogen and oxygen atoms in total. The van der Waals surface area contributed by atoms with E-state index in [-0.39, 0.29) is 6.04 Å². The summed E-state index contributed by atoms with van der Waals surface area (Å²) >= 11 is 0. The normalized spacial score (nSPS) is 43.7.